The molecule has 0 aliphatic heterocycles. The first-order valence-electron chi connectivity index (χ1n) is 6.03. The molecule has 3 heteroatoms. The van der Waals surface area contributed by atoms with E-state index in [1.807, 2.05) is 0 Å². The summed E-state index contributed by atoms with van der Waals surface area (Å²) < 4.78 is 6.63. The molecule has 0 amide bonds. The van der Waals surface area contributed by atoms with Gasteiger partial charge in [0.05, 0.1) is 7.11 Å². The molecule has 17 heavy (non-hydrogen) atoms. The van der Waals surface area contributed by atoms with Crippen LogP contribution in [0.5, 0.6) is 5.75 Å². The number of halogens is 1. The van der Waals surface area contributed by atoms with E-state index >= 15 is 0 Å². The highest BCUT2D eigenvalue weighted by atomic mass is 79.9. The molecule has 96 valence electrons. The Hall–Kier alpha value is -0.540. The molecule has 2 N–H and O–H groups in total. The van der Waals surface area contributed by atoms with Gasteiger partial charge >= 0.3 is 0 Å². The largest absolute Gasteiger partial charge is 0.496 e. The van der Waals surface area contributed by atoms with Crippen LogP contribution < -0.4 is 10.5 Å². The lowest BCUT2D eigenvalue weighted by Gasteiger charge is -2.25. The Morgan fingerprint density at radius 2 is 2.00 bits per heavy atom. The predicted octanol–water partition coefficient (Wildman–Crippen LogP) is 4.12. The van der Waals surface area contributed by atoms with Crippen LogP contribution in [0.3, 0.4) is 0 Å². The third kappa shape index (κ3) is 2.83. The van der Waals surface area contributed by atoms with Crippen molar-refractivity contribution in [3.05, 3.63) is 27.2 Å². The van der Waals surface area contributed by atoms with Crippen LogP contribution in [0.4, 0.5) is 0 Å². The summed E-state index contributed by atoms with van der Waals surface area (Å²) in [7, 11) is 1.71. The minimum atomic E-state index is 0.0196. The lowest BCUT2D eigenvalue weighted by atomic mass is 9.88. The molecule has 0 saturated carbocycles. The quantitative estimate of drug-likeness (QED) is 0.907. The lowest BCUT2D eigenvalue weighted by Crippen LogP contribution is -2.21. The van der Waals surface area contributed by atoms with E-state index in [0.717, 1.165) is 27.8 Å². The SMILES string of the molecule is CCC(C)C(N)c1c(C)c(Br)cc(C)c1OC. The van der Waals surface area contributed by atoms with Crippen molar-refractivity contribution in [1.29, 1.82) is 0 Å². The lowest BCUT2D eigenvalue weighted by molar-refractivity contribution is 0.384. The number of nitrogens with two attached hydrogens (primary N) is 1. The first kappa shape index (κ1) is 14.5. The van der Waals surface area contributed by atoms with Crippen molar-refractivity contribution in [1.82, 2.24) is 0 Å². The molecular formula is C14H22BrNO. The van der Waals surface area contributed by atoms with Crippen LogP contribution in [-0.2, 0) is 0 Å². The minimum absolute atomic E-state index is 0.0196. The van der Waals surface area contributed by atoms with Gasteiger partial charge in [0.15, 0.2) is 0 Å². The molecule has 2 nitrogen and oxygen atoms in total. The second-order valence-corrected chi connectivity index (χ2v) is 5.51. The van der Waals surface area contributed by atoms with Crippen molar-refractivity contribution in [2.45, 2.75) is 40.2 Å². The standard InChI is InChI=1S/C14H22BrNO/c1-6-8(2)13(16)12-10(4)11(15)7-9(3)14(12)17-5/h7-8,13H,6,16H2,1-5H3. The number of benzene rings is 1. The average molecular weight is 300 g/mol. The summed E-state index contributed by atoms with van der Waals surface area (Å²) in [5.74, 6) is 1.37. The van der Waals surface area contributed by atoms with E-state index in [2.05, 4.69) is 49.7 Å². The van der Waals surface area contributed by atoms with Gasteiger partial charge in [-0.2, -0.15) is 0 Å². The molecule has 0 bridgehead atoms. The van der Waals surface area contributed by atoms with Crippen molar-refractivity contribution in [3.8, 4) is 5.75 Å². The molecule has 0 aliphatic carbocycles. The van der Waals surface area contributed by atoms with Crippen LogP contribution in [0.15, 0.2) is 10.5 Å². The third-order valence-electron chi connectivity index (χ3n) is 3.50. The van der Waals surface area contributed by atoms with Gasteiger partial charge in [0.2, 0.25) is 0 Å². The Morgan fingerprint density at radius 1 is 1.41 bits per heavy atom. The van der Waals surface area contributed by atoms with Gasteiger partial charge in [-0.15, -0.1) is 0 Å². The maximum atomic E-state index is 6.36. The van der Waals surface area contributed by atoms with E-state index in [4.69, 9.17) is 10.5 Å². The number of ether oxygens (including phenoxy) is 1. The fourth-order valence-electron chi connectivity index (χ4n) is 2.09. The van der Waals surface area contributed by atoms with Gasteiger partial charge < -0.3 is 10.5 Å². The Morgan fingerprint density at radius 3 is 2.47 bits per heavy atom. The van der Waals surface area contributed by atoms with E-state index in [-0.39, 0.29) is 6.04 Å². The number of hydrogen-bond acceptors (Lipinski definition) is 2. The summed E-state index contributed by atoms with van der Waals surface area (Å²) in [5, 5.41) is 0. The minimum Gasteiger partial charge on any atom is -0.496 e. The normalized spacial score (nSPS) is 14.5. The number of hydrogen-bond donors (Lipinski definition) is 1. The number of aryl methyl sites for hydroxylation is 1. The average Bonchev–Trinajstić information content (AvgIpc) is 2.31. The zero-order chi connectivity index (χ0) is 13.2. The molecule has 2 atom stereocenters. The van der Waals surface area contributed by atoms with E-state index in [1.165, 1.54) is 5.56 Å². The van der Waals surface area contributed by atoms with Gasteiger partial charge in [-0.25, -0.2) is 0 Å². The molecule has 0 fully saturated rings. The van der Waals surface area contributed by atoms with Gasteiger partial charge in [-0.1, -0.05) is 36.2 Å². The first-order valence-corrected chi connectivity index (χ1v) is 6.82. The molecular weight excluding hydrogens is 278 g/mol. The van der Waals surface area contributed by atoms with Gasteiger partial charge in [0.25, 0.3) is 0 Å². The van der Waals surface area contributed by atoms with E-state index in [9.17, 15) is 0 Å². The molecule has 0 spiro atoms. The summed E-state index contributed by atoms with van der Waals surface area (Å²) in [4.78, 5) is 0. The third-order valence-corrected chi connectivity index (χ3v) is 4.33. The fraction of sp³-hybridized carbons (Fsp3) is 0.571. The molecule has 0 heterocycles. The molecule has 1 aromatic rings. The van der Waals surface area contributed by atoms with Gasteiger partial charge in [-0.05, 0) is 37.0 Å². The zero-order valence-corrected chi connectivity index (χ0v) is 12.9. The summed E-state index contributed by atoms with van der Waals surface area (Å²) >= 11 is 3.59. The van der Waals surface area contributed by atoms with Crippen LogP contribution in [0.1, 0.15) is 43.0 Å². The Labute approximate surface area is 113 Å². The van der Waals surface area contributed by atoms with Crippen LogP contribution >= 0.6 is 15.9 Å². The van der Waals surface area contributed by atoms with Crippen LogP contribution in [-0.4, -0.2) is 7.11 Å². The van der Waals surface area contributed by atoms with Gasteiger partial charge in [-0.3, -0.25) is 0 Å². The molecule has 1 aromatic carbocycles. The zero-order valence-electron chi connectivity index (χ0n) is 11.3. The van der Waals surface area contributed by atoms with Crippen molar-refractivity contribution < 1.29 is 4.74 Å². The Balaban J connectivity index is 3.38. The summed E-state index contributed by atoms with van der Waals surface area (Å²) in [6.45, 7) is 8.48. The topological polar surface area (TPSA) is 35.2 Å². The molecule has 0 radical (unpaired) electrons. The van der Waals surface area contributed by atoms with Crippen molar-refractivity contribution >= 4 is 15.9 Å². The van der Waals surface area contributed by atoms with Crippen molar-refractivity contribution in [2.24, 2.45) is 11.7 Å². The number of methoxy groups -OCH3 is 1. The summed E-state index contributed by atoms with van der Waals surface area (Å²) in [5.41, 5.74) is 9.80. The van der Waals surface area contributed by atoms with E-state index < -0.39 is 0 Å². The maximum Gasteiger partial charge on any atom is 0.126 e. The molecule has 0 aliphatic rings. The second kappa shape index (κ2) is 5.87. The highest BCUT2D eigenvalue weighted by molar-refractivity contribution is 9.10. The second-order valence-electron chi connectivity index (χ2n) is 4.66. The predicted molar refractivity (Wildman–Crippen MR) is 76.6 cm³/mol. The first-order chi connectivity index (χ1) is 7.93. The Bertz CT molecular complexity index is 404. The molecule has 0 aromatic heterocycles. The van der Waals surface area contributed by atoms with Gasteiger partial charge in [0.1, 0.15) is 5.75 Å². The van der Waals surface area contributed by atoms with Crippen LogP contribution in [0.25, 0.3) is 0 Å². The van der Waals surface area contributed by atoms with Crippen LogP contribution in [0, 0.1) is 19.8 Å². The number of rotatable bonds is 4. The highest BCUT2D eigenvalue weighted by Crippen LogP contribution is 2.38. The Kier molecular flexibility index (Phi) is 5.02. The van der Waals surface area contributed by atoms with Crippen molar-refractivity contribution in [3.63, 3.8) is 0 Å². The fourth-order valence-corrected chi connectivity index (χ4v) is 2.64. The van der Waals surface area contributed by atoms with Gasteiger partial charge in [0, 0.05) is 16.1 Å². The monoisotopic (exact) mass is 299 g/mol. The van der Waals surface area contributed by atoms with Crippen LogP contribution in [0.2, 0.25) is 0 Å². The van der Waals surface area contributed by atoms with Crippen molar-refractivity contribution in [2.75, 3.05) is 7.11 Å². The smallest absolute Gasteiger partial charge is 0.126 e. The molecule has 1 rings (SSSR count). The molecule has 2 unspecified atom stereocenters. The van der Waals surface area contributed by atoms with E-state index in [0.29, 0.717) is 5.92 Å². The molecule has 0 saturated heterocycles. The highest BCUT2D eigenvalue weighted by Gasteiger charge is 2.22. The summed E-state index contributed by atoms with van der Waals surface area (Å²) in [6, 6.07) is 2.10. The summed E-state index contributed by atoms with van der Waals surface area (Å²) in [6.07, 6.45) is 1.06. The van der Waals surface area contributed by atoms with E-state index in [1.54, 1.807) is 7.11 Å². The maximum absolute atomic E-state index is 6.36.